The minimum Gasteiger partial charge on any atom is -0.497 e. The third kappa shape index (κ3) is 2.67. The summed E-state index contributed by atoms with van der Waals surface area (Å²) in [6, 6.07) is 13.4. The van der Waals surface area contributed by atoms with Crippen molar-refractivity contribution in [2.45, 2.75) is 9.92 Å². The minimum atomic E-state index is 0.535. The van der Waals surface area contributed by atoms with E-state index in [1.54, 1.807) is 24.9 Å². The van der Waals surface area contributed by atoms with Crippen molar-refractivity contribution in [1.82, 2.24) is 4.98 Å². The number of anilines is 1. The number of hydrogen-bond acceptors (Lipinski definition) is 4. The summed E-state index contributed by atoms with van der Waals surface area (Å²) in [5.41, 5.74) is 5.62. The second-order valence-electron chi connectivity index (χ2n) is 3.18. The van der Waals surface area contributed by atoms with Gasteiger partial charge in [-0.25, -0.2) is 4.98 Å². The van der Waals surface area contributed by atoms with Crippen LogP contribution >= 0.6 is 11.8 Å². The molecule has 0 bridgehead atoms. The van der Waals surface area contributed by atoms with Gasteiger partial charge in [0, 0.05) is 4.90 Å². The van der Waals surface area contributed by atoms with Crippen molar-refractivity contribution in [3.8, 4) is 5.75 Å². The quantitative estimate of drug-likeness (QED) is 0.884. The zero-order valence-electron chi connectivity index (χ0n) is 8.88. The lowest BCUT2D eigenvalue weighted by Crippen LogP contribution is -1.89. The van der Waals surface area contributed by atoms with Crippen molar-refractivity contribution in [3.63, 3.8) is 0 Å². The van der Waals surface area contributed by atoms with E-state index in [-0.39, 0.29) is 0 Å². The summed E-state index contributed by atoms with van der Waals surface area (Å²) < 4.78 is 5.16. The molecule has 0 fully saturated rings. The molecule has 1 aromatic heterocycles. The van der Waals surface area contributed by atoms with E-state index in [9.17, 15) is 0 Å². The van der Waals surface area contributed by atoms with Gasteiger partial charge >= 0.3 is 0 Å². The van der Waals surface area contributed by atoms with Crippen LogP contribution in [0, 0.1) is 0 Å². The number of hydrogen-bond donors (Lipinski definition) is 1. The molecule has 3 nitrogen and oxygen atoms in total. The Morgan fingerprint density at radius 2 is 2.00 bits per heavy atom. The van der Waals surface area contributed by atoms with Crippen LogP contribution in [0.5, 0.6) is 5.75 Å². The molecule has 2 N–H and O–H groups in total. The highest BCUT2D eigenvalue weighted by molar-refractivity contribution is 7.99. The van der Waals surface area contributed by atoms with E-state index in [4.69, 9.17) is 10.5 Å². The highest BCUT2D eigenvalue weighted by Crippen LogP contribution is 2.28. The minimum absolute atomic E-state index is 0.535. The van der Waals surface area contributed by atoms with Gasteiger partial charge in [0.1, 0.15) is 16.6 Å². The first-order chi connectivity index (χ1) is 7.78. The normalized spacial score (nSPS) is 10.1. The molecular formula is C12H12N2OS. The van der Waals surface area contributed by atoms with Crippen molar-refractivity contribution < 1.29 is 4.74 Å². The summed E-state index contributed by atoms with van der Waals surface area (Å²) in [7, 11) is 1.66. The molecule has 1 aromatic carbocycles. The Bertz CT molecular complexity index is 488. The Hall–Kier alpha value is -1.68. The smallest absolute Gasteiger partial charge is 0.124 e. The summed E-state index contributed by atoms with van der Waals surface area (Å²) in [6.45, 7) is 0. The van der Waals surface area contributed by atoms with Crippen molar-refractivity contribution in [3.05, 3.63) is 42.5 Å². The fourth-order valence-electron chi connectivity index (χ4n) is 1.27. The Morgan fingerprint density at radius 3 is 2.75 bits per heavy atom. The predicted molar refractivity (Wildman–Crippen MR) is 65.8 cm³/mol. The zero-order chi connectivity index (χ0) is 11.4. The molecule has 0 amide bonds. The van der Waals surface area contributed by atoms with Crippen molar-refractivity contribution in [2.24, 2.45) is 0 Å². The van der Waals surface area contributed by atoms with E-state index in [0.717, 1.165) is 15.7 Å². The molecule has 0 unspecified atom stereocenters. The van der Waals surface area contributed by atoms with Crippen molar-refractivity contribution in [2.75, 3.05) is 12.8 Å². The van der Waals surface area contributed by atoms with Crippen molar-refractivity contribution in [1.29, 1.82) is 0 Å². The molecule has 1 heterocycles. The Kier molecular flexibility index (Phi) is 3.31. The van der Waals surface area contributed by atoms with Crippen LogP contribution in [-0.4, -0.2) is 12.1 Å². The molecular weight excluding hydrogens is 220 g/mol. The van der Waals surface area contributed by atoms with Gasteiger partial charge in [-0.05, 0) is 30.3 Å². The largest absolute Gasteiger partial charge is 0.497 e. The second kappa shape index (κ2) is 4.90. The molecule has 0 spiro atoms. The SMILES string of the molecule is COc1cccc(Sc2cccc(N)n2)c1. The van der Waals surface area contributed by atoms with Crippen LogP contribution in [0.2, 0.25) is 0 Å². The summed E-state index contributed by atoms with van der Waals surface area (Å²) >= 11 is 1.56. The highest BCUT2D eigenvalue weighted by atomic mass is 32.2. The van der Waals surface area contributed by atoms with E-state index in [2.05, 4.69) is 4.98 Å². The molecule has 0 atom stereocenters. The standard InChI is InChI=1S/C12H12N2OS/c1-15-9-4-2-5-10(8-9)16-12-7-3-6-11(13)14-12/h2-8H,1H3,(H2,13,14). The van der Waals surface area contributed by atoms with Gasteiger partial charge in [-0.15, -0.1) is 0 Å². The molecule has 82 valence electrons. The number of nitrogens with two attached hydrogens (primary N) is 1. The maximum absolute atomic E-state index is 5.62. The highest BCUT2D eigenvalue weighted by Gasteiger charge is 2.00. The molecule has 0 saturated heterocycles. The lowest BCUT2D eigenvalue weighted by Gasteiger charge is -2.04. The van der Waals surface area contributed by atoms with E-state index < -0.39 is 0 Å². The number of nitrogen functional groups attached to an aromatic ring is 1. The van der Waals surface area contributed by atoms with E-state index >= 15 is 0 Å². The molecule has 2 rings (SSSR count). The molecule has 2 aromatic rings. The number of rotatable bonds is 3. The summed E-state index contributed by atoms with van der Waals surface area (Å²) in [5.74, 6) is 1.38. The Balaban J connectivity index is 2.20. The predicted octanol–water partition coefficient (Wildman–Crippen LogP) is 2.82. The summed E-state index contributed by atoms with van der Waals surface area (Å²) in [6.07, 6.45) is 0. The van der Waals surface area contributed by atoms with Crippen LogP contribution < -0.4 is 10.5 Å². The van der Waals surface area contributed by atoms with Crippen LogP contribution in [0.3, 0.4) is 0 Å². The van der Waals surface area contributed by atoms with Gasteiger partial charge in [-0.1, -0.05) is 23.9 Å². The number of nitrogens with zero attached hydrogens (tertiary/aromatic N) is 1. The topological polar surface area (TPSA) is 48.1 Å². The number of ether oxygens (including phenoxy) is 1. The fraction of sp³-hybridized carbons (Fsp3) is 0.0833. The van der Waals surface area contributed by atoms with E-state index in [1.807, 2.05) is 36.4 Å². The third-order valence-corrected chi connectivity index (χ3v) is 2.93. The molecule has 0 saturated carbocycles. The van der Waals surface area contributed by atoms with Crippen LogP contribution in [0.1, 0.15) is 0 Å². The lowest BCUT2D eigenvalue weighted by molar-refractivity contribution is 0.413. The number of pyridine rings is 1. The lowest BCUT2D eigenvalue weighted by atomic mass is 10.3. The van der Waals surface area contributed by atoms with E-state index in [0.29, 0.717) is 5.82 Å². The third-order valence-electron chi connectivity index (χ3n) is 2.01. The van der Waals surface area contributed by atoms with Crippen LogP contribution in [-0.2, 0) is 0 Å². The van der Waals surface area contributed by atoms with Crippen LogP contribution in [0.25, 0.3) is 0 Å². The molecule has 0 aliphatic rings. The Morgan fingerprint density at radius 1 is 1.19 bits per heavy atom. The Labute approximate surface area is 98.6 Å². The number of aromatic nitrogens is 1. The molecule has 0 aliphatic heterocycles. The first-order valence-electron chi connectivity index (χ1n) is 4.82. The first kappa shape index (κ1) is 10.8. The van der Waals surface area contributed by atoms with Gasteiger partial charge in [-0.2, -0.15) is 0 Å². The molecule has 0 aliphatic carbocycles. The van der Waals surface area contributed by atoms with Gasteiger partial charge in [0.2, 0.25) is 0 Å². The van der Waals surface area contributed by atoms with Gasteiger partial charge in [0.15, 0.2) is 0 Å². The van der Waals surface area contributed by atoms with Crippen LogP contribution in [0.15, 0.2) is 52.4 Å². The molecule has 16 heavy (non-hydrogen) atoms. The first-order valence-corrected chi connectivity index (χ1v) is 5.64. The van der Waals surface area contributed by atoms with Gasteiger partial charge in [0.25, 0.3) is 0 Å². The fourth-order valence-corrected chi connectivity index (χ4v) is 2.13. The maximum Gasteiger partial charge on any atom is 0.124 e. The van der Waals surface area contributed by atoms with Gasteiger partial charge < -0.3 is 10.5 Å². The van der Waals surface area contributed by atoms with Gasteiger partial charge in [0.05, 0.1) is 7.11 Å². The number of benzene rings is 1. The maximum atomic E-state index is 5.62. The summed E-state index contributed by atoms with van der Waals surface area (Å²) in [4.78, 5) is 5.30. The second-order valence-corrected chi connectivity index (χ2v) is 4.28. The van der Waals surface area contributed by atoms with Crippen molar-refractivity contribution >= 4 is 17.6 Å². The number of methoxy groups -OCH3 is 1. The average molecular weight is 232 g/mol. The average Bonchev–Trinajstić information content (AvgIpc) is 2.29. The summed E-state index contributed by atoms with van der Waals surface area (Å²) in [5, 5.41) is 0.883. The monoisotopic (exact) mass is 232 g/mol. The van der Waals surface area contributed by atoms with Gasteiger partial charge in [-0.3, -0.25) is 0 Å². The molecule has 4 heteroatoms. The molecule has 0 radical (unpaired) electrons. The van der Waals surface area contributed by atoms with Crippen LogP contribution in [0.4, 0.5) is 5.82 Å². The zero-order valence-corrected chi connectivity index (χ0v) is 9.70. The van der Waals surface area contributed by atoms with E-state index in [1.165, 1.54) is 0 Å².